The summed E-state index contributed by atoms with van der Waals surface area (Å²) >= 11 is 4.19. The Morgan fingerprint density at radius 1 is 1.60 bits per heavy atom. The van der Waals surface area contributed by atoms with E-state index in [0.29, 0.717) is 5.92 Å². The number of rotatable bonds is 2. The number of pyridine rings is 1. The highest BCUT2D eigenvalue weighted by atomic mass is 32.1. The molecule has 1 aromatic rings. The molecule has 0 amide bonds. The lowest BCUT2D eigenvalue weighted by Gasteiger charge is -2.04. The average Bonchev–Trinajstić information content (AvgIpc) is 2.05. The molecule has 0 radical (unpaired) electrons. The van der Waals surface area contributed by atoms with Gasteiger partial charge in [0.05, 0.1) is 0 Å². The second-order valence-corrected chi connectivity index (χ2v) is 2.70. The van der Waals surface area contributed by atoms with E-state index in [1.807, 2.05) is 24.4 Å². The minimum absolute atomic E-state index is 0.463. The SMILES string of the molecule is CC(CS)c1ccccn1. The third kappa shape index (κ3) is 1.74. The molecule has 1 unspecified atom stereocenters. The minimum atomic E-state index is 0.463. The molecule has 1 aromatic heterocycles. The maximum Gasteiger partial charge on any atom is 0.0439 e. The normalized spacial score (nSPS) is 13.0. The van der Waals surface area contributed by atoms with Crippen molar-refractivity contribution < 1.29 is 0 Å². The molecular weight excluding hydrogens is 142 g/mol. The van der Waals surface area contributed by atoms with Crippen LogP contribution in [0.5, 0.6) is 0 Å². The van der Waals surface area contributed by atoms with Crippen LogP contribution in [0.15, 0.2) is 24.4 Å². The summed E-state index contributed by atoms with van der Waals surface area (Å²) in [6.07, 6.45) is 1.81. The summed E-state index contributed by atoms with van der Waals surface area (Å²) in [4.78, 5) is 4.20. The lowest BCUT2D eigenvalue weighted by atomic mass is 10.1. The van der Waals surface area contributed by atoms with Crippen LogP contribution in [-0.4, -0.2) is 10.7 Å². The van der Waals surface area contributed by atoms with Gasteiger partial charge in [0.2, 0.25) is 0 Å². The van der Waals surface area contributed by atoms with Gasteiger partial charge in [0.25, 0.3) is 0 Å². The average molecular weight is 153 g/mol. The standard InChI is InChI=1S/C8H11NS/c1-7(6-10)8-4-2-3-5-9-8/h2-5,7,10H,6H2,1H3. The van der Waals surface area contributed by atoms with Gasteiger partial charge in [0.1, 0.15) is 0 Å². The highest BCUT2D eigenvalue weighted by Gasteiger charge is 2.01. The fourth-order valence-corrected chi connectivity index (χ4v) is 0.948. The molecule has 0 aromatic carbocycles. The zero-order valence-electron chi connectivity index (χ0n) is 5.99. The van der Waals surface area contributed by atoms with Crippen LogP contribution < -0.4 is 0 Å². The molecule has 0 saturated carbocycles. The van der Waals surface area contributed by atoms with Gasteiger partial charge in [0.15, 0.2) is 0 Å². The van der Waals surface area contributed by atoms with Gasteiger partial charge in [-0.1, -0.05) is 13.0 Å². The molecule has 0 N–H and O–H groups in total. The zero-order valence-corrected chi connectivity index (χ0v) is 6.88. The maximum absolute atomic E-state index is 4.20. The third-order valence-electron chi connectivity index (χ3n) is 1.47. The van der Waals surface area contributed by atoms with E-state index in [0.717, 1.165) is 11.4 Å². The van der Waals surface area contributed by atoms with Gasteiger partial charge in [-0.15, -0.1) is 0 Å². The van der Waals surface area contributed by atoms with Crippen molar-refractivity contribution in [2.45, 2.75) is 12.8 Å². The van der Waals surface area contributed by atoms with E-state index in [-0.39, 0.29) is 0 Å². The van der Waals surface area contributed by atoms with Crippen LogP contribution in [0.4, 0.5) is 0 Å². The van der Waals surface area contributed by atoms with Gasteiger partial charge in [-0.25, -0.2) is 0 Å². The van der Waals surface area contributed by atoms with Gasteiger partial charge in [-0.3, -0.25) is 4.98 Å². The van der Waals surface area contributed by atoms with Crippen molar-refractivity contribution in [1.82, 2.24) is 4.98 Å². The van der Waals surface area contributed by atoms with Crippen molar-refractivity contribution >= 4 is 12.6 Å². The number of hydrogen-bond donors (Lipinski definition) is 1. The molecule has 10 heavy (non-hydrogen) atoms. The van der Waals surface area contributed by atoms with Crippen molar-refractivity contribution in [1.29, 1.82) is 0 Å². The first-order chi connectivity index (χ1) is 4.84. The van der Waals surface area contributed by atoms with Crippen LogP contribution in [0.1, 0.15) is 18.5 Å². The molecule has 1 nitrogen and oxygen atoms in total. The largest absolute Gasteiger partial charge is 0.261 e. The Labute approximate surface area is 66.9 Å². The van der Waals surface area contributed by atoms with E-state index in [1.54, 1.807) is 0 Å². The van der Waals surface area contributed by atoms with Gasteiger partial charge in [0, 0.05) is 17.8 Å². The fraction of sp³-hybridized carbons (Fsp3) is 0.375. The predicted molar refractivity (Wildman–Crippen MR) is 46.5 cm³/mol. The Morgan fingerprint density at radius 2 is 2.40 bits per heavy atom. The molecule has 0 aliphatic heterocycles. The van der Waals surface area contributed by atoms with Crippen LogP contribution >= 0.6 is 12.6 Å². The van der Waals surface area contributed by atoms with Crippen LogP contribution in [0.25, 0.3) is 0 Å². The van der Waals surface area contributed by atoms with E-state index in [2.05, 4.69) is 24.5 Å². The Kier molecular flexibility index (Phi) is 2.75. The molecule has 0 aliphatic carbocycles. The van der Waals surface area contributed by atoms with Gasteiger partial charge < -0.3 is 0 Å². The van der Waals surface area contributed by atoms with Crippen LogP contribution in [0, 0.1) is 0 Å². The first-order valence-electron chi connectivity index (χ1n) is 3.36. The molecule has 0 fully saturated rings. The topological polar surface area (TPSA) is 12.9 Å². The molecule has 0 aliphatic rings. The third-order valence-corrected chi connectivity index (χ3v) is 2.01. The summed E-state index contributed by atoms with van der Waals surface area (Å²) in [5.41, 5.74) is 1.12. The monoisotopic (exact) mass is 153 g/mol. The quantitative estimate of drug-likeness (QED) is 0.642. The number of nitrogens with zero attached hydrogens (tertiary/aromatic N) is 1. The highest BCUT2D eigenvalue weighted by molar-refractivity contribution is 7.80. The lowest BCUT2D eigenvalue weighted by Crippen LogP contribution is -1.96. The van der Waals surface area contributed by atoms with Crippen molar-refractivity contribution in [2.75, 3.05) is 5.75 Å². The van der Waals surface area contributed by atoms with Gasteiger partial charge in [-0.05, 0) is 17.9 Å². The van der Waals surface area contributed by atoms with E-state index < -0.39 is 0 Å². The molecule has 1 rings (SSSR count). The maximum atomic E-state index is 4.20. The Morgan fingerprint density at radius 3 is 2.90 bits per heavy atom. The Bertz CT molecular complexity index is 186. The lowest BCUT2D eigenvalue weighted by molar-refractivity contribution is 0.838. The molecule has 0 saturated heterocycles. The smallest absolute Gasteiger partial charge is 0.0439 e. The van der Waals surface area contributed by atoms with Crippen molar-refractivity contribution in [2.24, 2.45) is 0 Å². The number of aromatic nitrogens is 1. The summed E-state index contributed by atoms with van der Waals surface area (Å²) in [6.45, 7) is 2.12. The van der Waals surface area contributed by atoms with E-state index >= 15 is 0 Å². The van der Waals surface area contributed by atoms with Gasteiger partial charge in [-0.2, -0.15) is 12.6 Å². The molecule has 1 atom stereocenters. The van der Waals surface area contributed by atoms with Crippen LogP contribution in [0.2, 0.25) is 0 Å². The number of hydrogen-bond acceptors (Lipinski definition) is 2. The summed E-state index contributed by atoms with van der Waals surface area (Å²) in [5.74, 6) is 1.32. The second-order valence-electron chi connectivity index (χ2n) is 2.34. The van der Waals surface area contributed by atoms with Crippen molar-refractivity contribution in [3.05, 3.63) is 30.1 Å². The summed E-state index contributed by atoms with van der Waals surface area (Å²) < 4.78 is 0. The zero-order chi connectivity index (χ0) is 7.40. The summed E-state index contributed by atoms with van der Waals surface area (Å²) in [5, 5.41) is 0. The van der Waals surface area contributed by atoms with E-state index in [9.17, 15) is 0 Å². The molecule has 0 bridgehead atoms. The molecule has 54 valence electrons. The summed E-state index contributed by atoms with van der Waals surface area (Å²) in [7, 11) is 0. The first kappa shape index (κ1) is 7.61. The highest BCUT2D eigenvalue weighted by Crippen LogP contribution is 2.11. The first-order valence-corrected chi connectivity index (χ1v) is 3.99. The van der Waals surface area contributed by atoms with E-state index in [4.69, 9.17) is 0 Å². The molecule has 0 spiro atoms. The molecular formula is C8H11NS. The van der Waals surface area contributed by atoms with Crippen LogP contribution in [0.3, 0.4) is 0 Å². The predicted octanol–water partition coefficient (Wildman–Crippen LogP) is 2.11. The number of thiol groups is 1. The van der Waals surface area contributed by atoms with Crippen molar-refractivity contribution in [3.8, 4) is 0 Å². The Balaban J connectivity index is 2.75. The van der Waals surface area contributed by atoms with E-state index in [1.165, 1.54) is 0 Å². The van der Waals surface area contributed by atoms with Gasteiger partial charge >= 0.3 is 0 Å². The minimum Gasteiger partial charge on any atom is -0.261 e. The fourth-order valence-electron chi connectivity index (χ4n) is 0.761. The summed E-state index contributed by atoms with van der Waals surface area (Å²) in [6, 6.07) is 5.96. The molecule has 2 heteroatoms. The Hall–Kier alpha value is -0.500. The van der Waals surface area contributed by atoms with Crippen molar-refractivity contribution in [3.63, 3.8) is 0 Å². The second kappa shape index (κ2) is 3.62. The molecule has 1 heterocycles. The van der Waals surface area contributed by atoms with Crippen LogP contribution in [-0.2, 0) is 0 Å².